The van der Waals surface area contributed by atoms with Crippen LogP contribution in [0.15, 0.2) is 24.5 Å². The number of hydrogen-bond donors (Lipinski definition) is 1. The molecule has 78 valence electrons. The van der Waals surface area contributed by atoms with Crippen molar-refractivity contribution in [3.63, 3.8) is 0 Å². The molecule has 2 aromatic rings. The number of pyridine rings is 1. The summed E-state index contributed by atoms with van der Waals surface area (Å²) in [6.45, 7) is 0. The highest BCUT2D eigenvalue weighted by atomic mass is 16.4. The zero-order valence-electron chi connectivity index (χ0n) is 8.13. The van der Waals surface area contributed by atoms with Gasteiger partial charge in [-0.25, -0.2) is 0 Å². The second-order valence-corrected chi connectivity index (χ2v) is 3.32. The number of rotatable bonds is 4. The van der Waals surface area contributed by atoms with Gasteiger partial charge in [0, 0.05) is 12.1 Å². The van der Waals surface area contributed by atoms with E-state index in [1.165, 1.54) is 0 Å². The summed E-state index contributed by atoms with van der Waals surface area (Å²) in [5, 5.41) is 16.3. The second kappa shape index (κ2) is 4.08. The van der Waals surface area contributed by atoms with Crippen molar-refractivity contribution < 1.29 is 9.90 Å². The predicted molar refractivity (Wildman–Crippen MR) is 53.6 cm³/mol. The number of hydrogen-bond acceptors (Lipinski definition) is 3. The van der Waals surface area contributed by atoms with Crippen molar-refractivity contribution in [3.8, 4) is 0 Å². The van der Waals surface area contributed by atoms with Crippen LogP contribution in [-0.4, -0.2) is 25.7 Å². The summed E-state index contributed by atoms with van der Waals surface area (Å²) < 4.78 is 1.88. The van der Waals surface area contributed by atoms with Crippen molar-refractivity contribution in [1.29, 1.82) is 0 Å². The fourth-order valence-corrected chi connectivity index (χ4v) is 1.53. The SMILES string of the molecule is O=C(O)CCCc1cccc2nncn12. The Morgan fingerprint density at radius 1 is 1.47 bits per heavy atom. The lowest BCUT2D eigenvalue weighted by Crippen LogP contribution is -1.99. The minimum Gasteiger partial charge on any atom is -0.481 e. The first-order valence-corrected chi connectivity index (χ1v) is 4.77. The molecule has 0 atom stereocenters. The van der Waals surface area contributed by atoms with Gasteiger partial charge in [0.05, 0.1) is 0 Å². The smallest absolute Gasteiger partial charge is 0.303 e. The summed E-state index contributed by atoms with van der Waals surface area (Å²) in [7, 11) is 0. The molecule has 1 N–H and O–H groups in total. The zero-order chi connectivity index (χ0) is 10.7. The summed E-state index contributed by atoms with van der Waals surface area (Å²) in [4.78, 5) is 10.4. The van der Waals surface area contributed by atoms with E-state index in [9.17, 15) is 4.79 Å². The molecule has 0 aliphatic carbocycles. The van der Waals surface area contributed by atoms with Crippen molar-refractivity contribution in [3.05, 3.63) is 30.2 Å². The van der Waals surface area contributed by atoms with E-state index in [0.29, 0.717) is 6.42 Å². The Labute approximate surface area is 86.4 Å². The second-order valence-electron chi connectivity index (χ2n) is 3.32. The van der Waals surface area contributed by atoms with Gasteiger partial charge in [0.15, 0.2) is 5.65 Å². The Hall–Kier alpha value is -1.91. The van der Waals surface area contributed by atoms with E-state index in [4.69, 9.17) is 5.11 Å². The van der Waals surface area contributed by atoms with Crippen molar-refractivity contribution in [1.82, 2.24) is 14.6 Å². The fraction of sp³-hybridized carbons (Fsp3) is 0.300. The molecule has 2 heterocycles. The lowest BCUT2D eigenvalue weighted by Gasteiger charge is -2.02. The largest absolute Gasteiger partial charge is 0.481 e. The number of carboxylic acid groups (broad SMARTS) is 1. The van der Waals surface area contributed by atoms with Gasteiger partial charge in [0.25, 0.3) is 0 Å². The Bertz CT molecular complexity index is 478. The van der Waals surface area contributed by atoms with E-state index < -0.39 is 5.97 Å². The Morgan fingerprint density at radius 2 is 2.33 bits per heavy atom. The number of aromatic nitrogens is 3. The minimum atomic E-state index is -0.758. The molecular formula is C10H11N3O2. The zero-order valence-corrected chi connectivity index (χ0v) is 8.13. The maximum Gasteiger partial charge on any atom is 0.303 e. The minimum absolute atomic E-state index is 0.193. The van der Waals surface area contributed by atoms with E-state index >= 15 is 0 Å². The lowest BCUT2D eigenvalue weighted by molar-refractivity contribution is -0.137. The molecular weight excluding hydrogens is 194 g/mol. The number of nitrogens with zero attached hydrogens (tertiary/aromatic N) is 3. The van der Waals surface area contributed by atoms with Crippen LogP contribution in [0.2, 0.25) is 0 Å². The monoisotopic (exact) mass is 205 g/mol. The molecule has 2 rings (SSSR count). The van der Waals surface area contributed by atoms with Crippen molar-refractivity contribution in [2.24, 2.45) is 0 Å². The third-order valence-corrected chi connectivity index (χ3v) is 2.24. The molecule has 0 amide bonds. The standard InChI is InChI=1S/C10H11N3O2/c14-10(15)6-2-4-8-3-1-5-9-12-11-7-13(8)9/h1,3,5,7H,2,4,6H2,(H,14,15). The molecule has 0 aromatic carbocycles. The number of fused-ring (bicyclic) bond motifs is 1. The molecule has 0 aliphatic rings. The molecule has 0 aliphatic heterocycles. The molecule has 5 heteroatoms. The van der Waals surface area contributed by atoms with Crippen molar-refractivity contribution in [2.45, 2.75) is 19.3 Å². The third-order valence-electron chi connectivity index (χ3n) is 2.24. The average Bonchev–Trinajstić information content (AvgIpc) is 2.65. The van der Waals surface area contributed by atoms with E-state index in [2.05, 4.69) is 10.2 Å². The summed E-state index contributed by atoms with van der Waals surface area (Å²) in [5.41, 5.74) is 1.83. The molecule has 0 unspecified atom stereocenters. The molecule has 0 fully saturated rings. The molecule has 2 aromatic heterocycles. The van der Waals surface area contributed by atoms with Crippen LogP contribution in [0, 0.1) is 0 Å². The molecule has 0 saturated heterocycles. The van der Waals surface area contributed by atoms with Gasteiger partial charge < -0.3 is 5.11 Å². The van der Waals surface area contributed by atoms with E-state index in [1.54, 1.807) is 6.33 Å². The maximum atomic E-state index is 10.4. The van der Waals surface area contributed by atoms with Gasteiger partial charge in [0.2, 0.25) is 0 Å². The average molecular weight is 205 g/mol. The van der Waals surface area contributed by atoms with Crippen molar-refractivity contribution in [2.75, 3.05) is 0 Å². The van der Waals surface area contributed by atoms with E-state index in [-0.39, 0.29) is 6.42 Å². The summed E-state index contributed by atoms with van der Waals surface area (Å²) >= 11 is 0. The van der Waals surface area contributed by atoms with Gasteiger partial charge in [-0.3, -0.25) is 9.20 Å². The lowest BCUT2D eigenvalue weighted by atomic mass is 10.2. The van der Waals surface area contributed by atoms with Crippen LogP contribution >= 0.6 is 0 Å². The van der Waals surface area contributed by atoms with Crippen LogP contribution < -0.4 is 0 Å². The Kier molecular flexibility index (Phi) is 2.62. The number of aliphatic carboxylic acids is 1. The summed E-state index contributed by atoms with van der Waals surface area (Å²) in [6, 6.07) is 5.73. The quantitative estimate of drug-likeness (QED) is 0.812. The van der Waals surface area contributed by atoms with Crippen LogP contribution in [0.3, 0.4) is 0 Å². The third kappa shape index (κ3) is 2.12. The number of carbonyl (C=O) groups is 1. The normalized spacial score (nSPS) is 10.7. The maximum absolute atomic E-state index is 10.4. The van der Waals surface area contributed by atoms with Crippen LogP contribution in [0.5, 0.6) is 0 Å². The number of aryl methyl sites for hydroxylation is 1. The molecule has 5 nitrogen and oxygen atoms in total. The van der Waals surface area contributed by atoms with Crippen LogP contribution in [0.1, 0.15) is 18.5 Å². The predicted octanol–water partition coefficient (Wildman–Crippen LogP) is 1.14. The van der Waals surface area contributed by atoms with Crippen LogP contribution in [0.25, 0.3) is 5.65 Å². The Balaban J connectivity index is 2.13. The van der Waals surface area contributed by atoms with Gasteiger partial charge in [-0.15, -0.1) is 10.2 Å². The van der Waals surface area contributed by atoms with Gasteiger partial charge >= 0.3 is 5.97 Å². The highest BCUT2D eigenvalue weighted by molar-refractivity contribution is 5.66. The van der Waals surface area contributed by atoms with Gasteiger partial charge in [0.1, 0.15) is 6.33 Å². The van der Waals surface area contributed by atoms with E-state index in [0.717, 1.165) is 17.8 Å². The highest BCUT2D eigenvalue weighted by Gasteiger charge is 2.02. The number of carboxylic acids is 1. The van der Waals surface area contributed by atoms with Gasteiger partial charge in [-0.05, 0) is 25.0 Å². The highest BCUT2D eigenvalue weighted by Crippen LogP contribution is 2.07. The Morgan fingerprint density at radius 3 is 3.13 bits per heavy atom. The van der Waals surface area contributed by atoms with Gasteiger partial charge in [-0.1, -0.05) is 6.07 Å². The van der Waals surface area contributed by atoms with Crippen LogP contribution in [0.4, 0.5) is 0 Å². The molecule has 0 spiro atoms. The first kappa shape index (κ1) is 9.64. The first-order valence-electron chi connectivity index (χ1n) is 4.77. The molecule has 0 bridgehead atoms. The van der Waals surface area contributed by atoms with E-state index in [1.807, 2.05) is 22.6 Å². The van der Waals surface area contributed by atoms with Crippen molar-refractivity contribution >= 4 is 11.6 Å². The molecule has 0 saturated carbocycles. The topological polar surface area (TPSA) is 67.5 Å². The first-order chi connectivity index (χ1) is 7.27. The van der Waals surface area contributed by atoms with Crippen LogP contribution in [-0.2, 0) is 11.2 Å². The van der Waals surface area contributed by atoms with Gasteiger partial charge in [-0.2, -0.15) is 0 Å². The summed E-state index contributed by atoms with van der Waals surface area (Å²) in [6.07, 6.45) is 3.19. The fourth-order valence-electron chi connectivity index (χ4n) is 1.53. The molecule has 0 radical (unpaired) electrons. The molecule has 15 heavy (non-hydrogen) atoms. The summed E-state index contributed by atoms with van der Waals surface area (Å²) in [5.74, 6) is -0.758.